The monoisotopic (exact) mass is 1340 g/mol. The molecule has 0 heterocycles. The number of quaternary nitrogens is 1. The third-order valence-electron chi connectivity index (χ3n) is 16.1. The molecule has 0 aromatic carbocycles. The van der Waals surface area contributed by atoms with Crippen molar-refractivity contribution in [3.05, 3.63) is 182 Å². The number of carbonyl (C=O) groups is 3. The molecule has 0 aromatic heterocycles. The molecule has 0 rings (SSSR count). The average molecular weight is 1340 g/mol. The molecule has 2 atom stereocenters. The molecule has 0 amide bonds. The number of unbranched alkanes of at least 4 members (excludes halogenated alkanes) is 25. The van der Waals surface area contributed by atoms with E-state index >= 15 is 0 Å². The highest BCUT2D eigenvalue weighted by atomic mass is 16.7. The van der Waals surface area contributed by atoms with Crippen LogP contribution in [0.25, 0.3) is 0 Å². The number of ether oxygens (including phenoxy) is 4. The highest BCUT2D eigenvalue weighted by Gasteiger charge is 2.22. The fourth-order valence-electron chi connectivity index (χ4n) is 10.3. The Morgan fingerprint density at radius 3 is 0.845 bits per heavy atom. The Balaban J connectivity index is 4.13. The summed E-state index contributed by atoms with van der Waals surface area (Å²) >= 11 is 0. The standard InChI is InChI=1S/C88H143NO8/c1-6-8-10-12-14-16-18-20-22-24-26-28-30-32-34-36-38-40-41-42-43-44-45-47-48-50-52-54-56-58-60-62-64-66-68-70-72-74-76-78-85(90)95-82-84(83-96-88(87(92)93)94-81-80-89(3,4)5)97-86(91)79-77-75-73-71-69-67-65-63-61-59-57-55-53-51-49-46-39-37-35-33-31-29-27-25-23-21-19-17-15-13-11-9-7-2/h8-11,14-17,20-23,26-29,32-35,39,46,51,53,57,59,63,65,69,71,84,88H,6-7,12-13,18-19,24-25,30-31,36-38,40-45,47-50,52,54-56,58,60-62,64,66-68,70,72-83H2,1-5H3/b10-8-,11-9-,16-14-,17-15-,22-20-,23-21-,28-26-,29-27-,34-32-,35-33-,46-39-,53-51-,59-57-,65-63-,71-69-. The minimum absolute atomic E-state index is 0.131. The zero-order valence-electron chi connectivity index (χ0n) is 62.6. The van der Waals surface area contributed by atoms with E-state index in [1.165, 1.54) is 135 Å². The average Bonchev–Trinajstić information content (AvgIpc) is 2.59. The van der Waals surface area contributed by atoms with Gasteiger partial charge in [0.15, 0.2) is 12.4 Å². The summed E-state index contributed by atoms with van der Waals surface area (Å²) in [4.78, 5) is 37.6. The second kappa shape index (κ2) is 76.1. The van der Waals surface area contributed by atoms with E-state index in [9.17, 15) is 19.5 Å². The van der Waals surface area contributed by atoms with E-state index < -0.39 is 24.3 Å². The van der Waals surface area contributed by atoms with Crippen molar-refractivity contribution >= 4 is 17.9 Å². The van der Waals surface area contributed by atoms with E-state index in [-0.39, 0.29) is 38.6 Å². The molecule has 0 aliphatic carbocycles. The summed E-state index contributed by atoms with van der Waals surface area (Å²) in [6, 6.07) is 0. The molecule has 2 unspecified atom stereocenters. The first-order valence-corrected chi connectivity index (χ1v) is 38.9. The fraction of sp³-hybridized carbons (Fsp3) is 0.625. The molecule has 0 spiro atoms. The number of rotatable bonds is 70. The van der Waals surface area contributed by atoms with Crippen molar-refractivity contribution in [1.82, 2.24) is 0 Å². The lowest BCUT2D eigenvalue weighted by atomic mass is 10.0. The molecule has 0 saturated heterocycles. The topological polar surface area (TPSA) is 111 Å². The third kappa shape index (κ3) is 77.6. The zero-order chi connectivity index (χ0) is 70.4. The molecule has 0 radical (unpaired) electrons. The van der Waals surface area contributed by atoms with Crippen molar-refractivity contribution in [2.75, 3.05) is 47.5 Å². The SMILES string of the molecule is CC/C=C\C/C=C\C/C=C\C/C=C\C/C=C\C/C=C\C/C=C\C/C=C\C/C=C\C/C=C\CCCCC(=O)OC(COC(=O)CCCCCCCCCCCCCCCCCCCCCCCCC/C=C\C/C=C\C/C=C\C/C=C\C/C=C\CC)COC(OCC[N+](C)(C)C)C(=O)[O-]. The first kappa shape index (κ1) is 91.4. The van der Waals surface area contributed by atoms with E-state index in [0.717, 1.165) is 128 Å². The lowest BCUT2D eigenvalue weighted by Gasteiger charge is -2.26. The van der Waals surface area contributed by atoms with Crippen molar-refractivity contribution in [1.29, 1.82) is 0 Å². The third-order valence-corrected chi connectivity index (χ3v) is 16.1. The Morgan fingerprint density at radius 2 is 0.557 bits per heavy atom. The van der Waals surface area contributed by atoms with Crippen LogP contribution in [0.2, 0.25) is 0 Å². The van der Waals surface area contributed by atoms with Crippen LogP contribution in [0.3, 0.4) is 0 Å². The lowest BCUT2D eigenvalue weighted by molar-refractivity contribution is -0.870. The lowest BCUT2D eigenvalue weighted by Crippen LogP contribution is -2.44. The van der Waals surface area contributed by atoms with Gasteiger partial charge in [-0.1, -0.05) is 331 Å². The van der Waals surface area contributed by atoms with Crippen molar-refractivity contribution in [3.8, 4) is 0 Å². The zero-order valence-corrected chi connectivity index (χ0v) is 62.6. The normalized spacial score (nSPS) is 13.7. The molecule has 0 saturated carbocycles. The van der Waals surface area contributed by atoms with Gasteiger partial charge < -0.3 is 33.3 Å². The van der Waals surface area contributed by atoms with E-state index in [4.69, 9.17) is 18.9 Å². The van der Waals surface area contributed by atoms with Crippen LogP contribution in [0.15, 0.2) is 182 Å². The molecule has 0 aliphatic heterocycles. The van der Waals surface area contributed by atoms with Crippen molar-refractivity contribution in [3.63, 3.8) is 0 Å². The molecule has 0 fully saturated rings. The van der Waals surface area contributed by atoms with Crippen LogP contribution < -0.4 is 5.11 Å². The van der Waals surface area contributed by atoms with Gasteiger partial charge >= 0.3 is 11.9 Å². The summed E-state index contributed by atoms with van der Waals surface area (Å²) in [5.41, 5.74) is 0. The van der Waals surface area contributed by atoms with Gasteiger partial charge in [-0.2, -0.15) is 0 Å². The van der Waals surface area contributed by atoms with Crippen LogP contribution in [0.4, 0.5) is 0 Å². The van der Waals surface area contributed by atoms with Crippen molar-refractivity contribution in [2.45, 2.75) is 309 Å². The van der Waals surface area contributed by atoms with Crippen molar-refractivity contribution < 1.29 is 42.9 Å². The first-order chi connectivity index (χ1) is 47.6. The van der Waals surface area contributed by atoms with Gasteiger partial charge in [0, 0.05) is 12.8 Å². The van der Waals surface area contributed by atoms with Crippen LogP contribution in [-0.4, -0.2) is 82.3 Å². The summed E-state index contributed by atoms with van der Waals surface area (Å²) in [6.07, 6.45) is 113. The number of nitrogens with zero attached hydrogens (tertiary/aromatic N) is 1. The summed E-state index contributed by atoms with van der Waals surface area (Å²) < 4.78 is 22.8. The summed E-state index contributed by atoms with van der Waals surface area (Å²) in [7, 11) is 5.91. The van der Waals surface area contributed by atoms with Crippen LogP contribution in [-0.2, 0) is 33.3 Å². The van der Waals surface area contributed by atoms with E-state index in [1.807, 2.05) is 21.1 Å². The van der Waals surface area contributed by atoms with Gasteiger partial charge in [0.25, 0.3) is 0 Å². The number of esters is 2. The number of carboxylic acid groups (broad SMARTS) is 1. The number of allylic oxidation sites excluding steroid dienone is 30. The molecular weight excluding hydrogens is 1200 g/mol. The largest absolute Gasteiger partial charge is 0.545 e. The number of aliphatic carboxylic acids is 1. The number of hydrogen-bond donors (Lipinski definition) is 0. The van der Waals surface area contributed by atoms with Crippen LogP contribution in [0.5, 0.6) is 0 Å². The molecule has 0 bridgehead atoms. The predicted molar refractivity (Wildman–Crippen MR) is 416 cm³/mol. The Bertz CT molecular complexity index is 2260. The Labute approximate surface area is 596 Å². The number of hydrogen-bond acceptors (Lipinski definition) is 8. The molecule has 97 heavy (non-hydrogen) atoms. The maximum absolute atomic E-state index is 12.9. The highest BCUT2D eigenvalue weighted by Crippen LogP contribution is 2.17. The number of carboxylic acids is 1. The van der Waals surface area contributed by atoms with E-state index in [1.54, 1.807) is 0 Å². The second-order valence-corrected chi connectivity index (χ2v) is 26.5. The Kier molecular flexibility index (Phi) is 71.7. The summed E-state index contributed by atoms with van der Waals surface area (Å²) in [5.74, 6) is -2.35. The predicted octanol–water partition coefficient (Wildman–Crippen LogP) is 23.8. The van der Waals surface area contributed by atoms with Crippen molar-refractivity contribution in [2.24, 2.45) is 0 Å². The molecule has 0 aromatic rings. The quantitative estimate of drug-likeness (QED) is 0.0195. The summed E-state index contributed by atoms with van der Waals surface area (Å²) in [5, 5.41) is 11.9. The molecule has 0 N–H and O–H groups in total. The summed E-state index contributed by atoms with van der Waals surface area (Å²) in [6.45, 7) is 4.47. The molecule has 9 nitrogen and oxygen atoms in total. The van der Waals surface area contributed by atoms with Gasteiger partial charge in [-0.25, -0.2) is 0 Å². The van der Waals surface area contributed by atoms with Gasteiger partial charge in [0.1, 0.15) is 13.2 Å². The van der Waals surface area contributed by atoms with E-state index in [2.05, 4.69) is 196 Å². The maximum Gasteiger partial charge on any atom is 0.306 e. The van der Waals surface area contributed by atoms with Crippen LogP contribution in [0, 0.1) is 0 Å². The van der Waals surface area contributed by atoms with Gasteiger partial charge in [-0.3, -0.25) is 9.59 Å². The Morgan fingerprint density at radius 1 is 0.309 bits per heavy atom. The highest BCUT2D eigenvalue weighted by molar-refractivity contribution is 5.70. The molecule has 9 heteroatoms. The van der Waals surface area contributed by atoms with Gasteiger partial charge in [-0.05, 0) is 135 Å². The minimum atomic E-state index is -1.65. The minimum Gasteiger partial charge on any atom is -0.545 e. The van der Waals surface area contributed by atoms with Gasteiger partial charge in [-0.15, -0.1) is 0 Å². The van der Waals surface area contributed by atoms with E-state index in [0.29, 0.717) is 17.4 Å². The van der Waals surface area contributed by atoms with Gasteiger partial charge in [0.05, 0.1) is 40.3 Å². The number of likely N-dealkylation sites (N-methyl/N-ethyl adjacent to an activating group) is 1. The fourth-order valence-corrected chi connectivity index (χ4v) is 10.3. The molecular formula is C88H143NO8. The molecule has 0 aliphatic rings. The maximum atomic E-state index is 12.9. The van der Waals surface area contributed by atoms with Crippen LogP contribution >= 0.6 is 0 Å². The molecule has 548 valence electrons. The second-order valence-electron chi connectivity index (χ2n) is 26.5. The van der Waals surface area contributed by atoms with Crippen LogP contribution in [0.1, 0.15) is 296 Å². The van der Waals surface area contributed by atoms with Gasteiger partial charge in [0.2, 0.25) is 0 Å². The first-order valence-electron chi connectivity index (χ1n) is 38.9. The Hall–Kier alpha value is -5.61. The smallest absolute Gasteiger partial charge is 0.306 e. The number of carbonyl (C=O) groups excluding carboxylic acids is 3.